The molecular weight excluding hydrogens is 490 g/mol. The zero-order valence-electron chi connectivity index (χ0n) is 18.8. The molecule has 0 aliphatic heterocycles. The molecule has 1 amide bonds. The Labute approximate surface area is 203 Å². The van der Waals surface area contributed by atoms with Crippen LogP contribution in [0.25, 0.3) is 0 Å². The Kier molecular flexibility index (Phi) is 7.71. The van der Waals surface area contributed by atoms with Gasteiger partial charge < -0.3 is 20.3 Å². The van der Waals surface area contributed by atoms with E-state index in [1.54, 1.807) is 0 Å². The van der Waals surface area contributed by atoms with E-state index >= 15 is 0 Å². The number of amidine groups is 1. The van der Waals surface area contributed by atoms with E-state index in [9.17, 15) is 22.3 Å². The van der Waals surface area contributed by atoms with Gasteiger partial charge in [-0.1, -0.05) is 11.6 Å². The second-order valence-corrected chi connectivity index (χ2v) is 9.80. The highest BCUT2D eigenvalue weighted by atomic mass is 35.5. The molecule has 1 aliphatic rings. The van der Waals surface area contributed by atoms with Gasteiger partial charge in [-0.2, -0.15) is 0 Å². The molecule has 34 heavy (non-hydrogen) atoms. The lowest BCUT2D eigenvalue weighted by molar-refractivity contribution is 0.101. The van der Waals surface area contributed by atoms with Gasteiger partial charge in [-0.15, -0.1) is 0 Å². The number of rotatable bonds is 9. The standard InChI is InChI=1S/C22H25ClF2N4O4S/c1-4-33-17-9-21(17,2)20(26)29-22(3,11-34(31)32)14-8-13(5-6-15(14)24)28-19(30)18-16(25)7-12(23)10-27-18/h5-8,10,17H,4,9,11H2,1-3H3,(H2,26,29)(H,28,30)(H,31,32)/t17?,21-,22+/m1/s1. The first-order chi connectivity index (χ1) is 15.9. The summed E-state index contributed by atoms with van der Waals surface area (Å²) >= 11 is 3.31. The van der Waals surface area contributed by atoms with E-state index in [4.69, 9.17) is 22.1 Å². The Morgan fingerprint density at radius 3 is 2.76 bits per heavy atom. The number of ether oxygens (including phenoxy) is 1. The molecule has 2 unspecified atom stereocenters. The Bertz CT molecular complexity index is 1170. The number of nitrogens with two attached hydrogens (primary N) is 1. The molecule has 0 spiro atoms. The molecule has 4 N–H and O–H groups in total. The second-order valence-electron chi connectivity index (χ2n) is 8.44. The molecule has 3 rings (SSSR count). The summed E-state index contributed by atoms with van der Waals surface area (Å²) < 4.78 is 55.9. The maximum Gasteiger partial charge on any atom is 0.277 e. The van der Waals surface area contributed by atoms with Crippen LogP contribution in [0.4, 0.5) is 14.5 Å². The summed E-state index contributed by atoms with van der Waals surface area (Å²) in [6, 6.07) is 4.54. The zero-order chi connectivity index (χ0) is 25.3. The van der Waals surface area contributed by atoms with Crippen LogP contribution in [-0.2, 0) is 21.4 Å². The van der Waals surface area contributed by atoms with Gasteiger partial charge in [0, 0.05) is 24.1 Å². The largest absolute Gasteiger partial charge is 0.387 e. The Morgan fingerprint density at radius 2 is 2.15 bits per heavy atom. The first-order valence-corrected chi connectivity index (χ1v) is 12.0. The maximum absolute atomic E-state index is 14.9. The summed E-state index contributed by atoms with van der Waals surface area (Å²) in [5, 5.41) is 2.47. The Hall–Kier alpha value is -2.47. The van der Waals surface area contributed by atoms with Gasteiger partial charge in [0.1, 0.15) is 17.2 Å². The number of carbonyl (C=O) groups excluding carboxylic acids is 1. The van der Waals surface area contributed by atoms with E-state index < -0.39 is 51.0 Å². The maximum atomic E-state index is 14.9. The molecule has 1 aromatic carbocycles. The van der Waals surface area contributed by atoms with Crippen molar-refractivity contribution in [2.24, 2.45) is 16.1 Å². The van der Waals surface area contributed by atoms with Crippen molar-refractivity contribution < 1.29 is 27.1 Å². The molecule has 1 saturated carbocycles. The third kappa shape index (κ3) is 5.60. The predicted octanol–water partition coefficient (Wildman–Crippen LogP) is 3.87. The van der Waals surface area contributed by atoms with E-state index in [0.717, 1.165) is 18.3 Å². The first-order valence-electron chi connectivity index (χ1n) is 10.4. The molecule has 1 heterocycles. The second kappa shape index (κ2) is 10.0. The van der Waals surface area contributed by atoms with Crippen molar-refractivity contribution in [2.45, 2.75) is 38.8 Å². The highest BCUT2D eigenvalue weighted by Gasteiger charge is 2.55. The third-order valence-electron chi connectivity index (χ3n) is 5.71. The minimum Gasteiger partial charge on any atom is -0.387 e. The number of aromatic nitrogens is 1. The molecular formula is C22H25ClF2N4O4S. The zero-order valence-corrected chi connectivity index (χ0v) is 20.3. The summed E-state index contributed by atoms with van der Waals surface area (Å²) in [5.41, 5.74) is 3.66. The lowest BCUT2D eigenvalue weighted by Crippen LogP contribution is -2.35. The quantitative estimate of drug-likeness (QED) is 0.265. The molecule has 0 radical (unpaired) electrons. The topological polar surface area (TPSA) is 127 Å². The molecule has 12 heteroatoms. The van der Waals surface area contributed by atoms with Crippen LogP contribution in [0.15, 0.2) is 35.5 Å². The molecule has 8 nitrogen and oxygen atoms in total. The molecule has 0 saturated heterocycles. The van der Waals surface area contributed by atoms with Gasteiger partial charge in [0.25, 0.3) is 5.91 Å². The fourth-order valence-electron chi connectivity index (χ4n) is 3.63. The van der Waals surface area contributed by atoms with Crippen LogP contribution >= 0.6 is 11.6 Å². The van der Waals surface area contributed by atoms with Crippen molar-refractivity contribution in [3.63, 3.8) is 0 Å². The Morgan fingerprint density at radius 1 is 1.44 bits per heavy atom. The number of hydrogen-bond acceptors (Lipinski definition) is 5. The normalized spacial score (nSPS) is 22.7. The number of nitrogens with one attached hydrogen (secondary N) is 1. The molecule has 1 aliphatic carbocycles. The van der Waals surface area contributed by atoms with Gasteiger partial charge in [-0.25, -0.2) is 18.0 Å². The predicted molar refractivity (Wildman–Crippen MR) is 126 cm³/mol. The monoisotopic (exact) mass is 514 g/mol. The molecule has 1 aromatic heterocycles. The minimum atomic E-state index is -2.35. The highest BCUT2D eigenvalue weighted by Crippen LogP contribution is 2.49. The van der Waals surface area contributed by atoms with E-state index in [1.807, 2.05) is 13.8 Å². The Balaban J connectivity index is 1.96. The lowest BCUT2D eigenvalue weighted by atomic mass is 9.92. The number of aliphatic imine (C=N–C) groups is 1. The fourth-order valence-corrected chi connectivity index (χ4v) is 4.48. The van der Waals surface area contributed by atoms with Gasteiger partial charge in [0.2, 0.25) is 0 Å². The van der Waals surface area contributed by atoms with Gasteiger partial charge >= 0.3 is 0 Å². The van der Waals surface area contributed by atoms with Crippen molar-refractivity contribution >= 4 is 40.1 Å². The van der Waals surface area contributed by atoms with Crippen LogP contribution in [0, 0.1) is 17.0 Å². The van der Waals surface area contributed by atoms with Gasteiger partial charge in [-0.05, 0) is 51.5 Å². The van der Waals surface area contributed by atoms with Crippen LogP contribution in [0.1, 0.15) is 43.2 Å². The van der Waals surface area contributed by atoms with E-state index in [0.29, 0.717) is 13.0 Å². The summed E-state index contributed by atoms with van der Waals surface area (Å²) in [7, 11) is 0. The number of pyridine rings is 1. The molecule has 2 aromatic rings. The molecule has 184 valence electrons. The fraction of sp³-hybridized carbons (Fsp3) is 0.409. The smallest absolute Gasteiger partial charge is 0.277 e. The number of anilines is 1. The summed E-state index contributed by atoms with van der Waals surface area (Å²) in [6.45, 7) is 5.67. The average Bonchev–Trinajstić information content (AvgIpc) is 3.39. The van der Waals surface area contributed by atoms with Crippen LogP contribution in [0.5, 0.6) is 0 Å². The number of benzene rings is 1. The van der Waals surface area contributed by atoms with E-state index in [1.165, 1.54) is 19.1 Å². The number of hydrogen-bond donors (Lipinski definition) is 3. The van der Waals surface area contributed by atoms with Gasteiger partial charge in [0.05, 0.1) is 22.3 Å². The number of amides is 1. The highest BCUT2D eigenvalue weighted by molar-refractivity contribution is 7.79. The molecule has 4 atom stereocenters. The van der Waals surface area contributed by atoms with Gasteiger partial charge in [0.15, 0.2) is 22.6 Å². The third-order valence-corrected chi connectivity index (χ3v) is 6.73. The lowest BCUT2D eigenvalue weighted by Gasteiger charge is -2.27. The number of carbonyl (C=O) groups is 1. The van der Waals surface area contributed by atoms with Crippen LogP contribution in [0.2, 0.25) is 5.02 Å². The van der Waals surface area contributed by atoms with Crippen LogP contribution < -0.4 is 11.1 Å². The SMILES string of the molecule is CCOC1C[C@@]1(C)C(N)=N[C@@](C)(CS(=O)O)c1cc(NC(=O)c2ncc(Cl)cc2F)ccc1F. The van der Waals surface area contributed by atoms with Crippen LogP contribution in [0.3, 0.4) is 0 Å². The van der Waals surface area contributed by atoms with Crippen molar-refractivity contribution in [1.29, 1.82) is 0 Å². The summed E-state index contributed by atoms with van der Waals surface area (Å²) in [4.78, 5) is 20.6. The van der Waals surface area contributed by atoms with E-state index in [-0.39, 0.29) is 28.2 Å². The van der Waals surface area contributed by atoms with Crippen molar-refractivity contribution in [2.75, 3.05) is 17.7 Å². The van der Waals surface area contributed by atoms with Crippen LogP contribution in [-0.4, -0.2) is 44.0 Å². The van der Waals surface area contributed by atoms with E-state index in [2.05, 4.69) is 15.3 Å². The summed E-state index contributed by atoms with van der Waals surface area (Å²) in [6.07, 6.45) is 1.59. The summed E-state index contributed by atoms with van der Waals surface area (Å²) in [5.74, 6) is -2.81. The van der Waals surface area contributed by atoms with Crippen molar-refractivity contribution in [3.8, 4) is 0 Å². The number of nitrogens with zero attached hydrogens (tertiary/aromatic N) is 2. The molecule has 0 bridgehead atoms. The average molecular weight is 515 g/mol. The number of halogens is 3. The van der Waals surface area contributed by atoms with Crippen molar-refractivity contribution in [1.82, 2.24) is 4.98 Å². The van der Waals surface area contributed by atoms with Crippen molar-refractivity contribution in [3.05, 3.63) is 58.4 Å². The first kappa shape index (κ1) is 26.1. The molecule has 1 fully saturated rings. The minimum absolute atomic E-state index is 0.0253. The van der Waals surface area contributed by atoms with Gasteiger partial charge in [-0.3, -0.25) is 9.79 Å².